The van der Waals surface area contributed by atoms with Crippen LogP contribution in [0, 0.1) is 0 Å². The zero-order chi connectivity index (χ0) is 18.5. The molecule has 0 spiro atoms. The van der Waals surface area contributed by atoms with E-state index in [4.69, 9.17) is 0 Å². The van der Waals surface area contributed by atoms with Crippen LogP contribution >= 0.6 is 0 Å². The van der Waals surface area contributed by atoms with Crippen molar-refractivity contribution in [3.63, 3.8) is 0 Å². The highest BCUT2D eigenvalue weighted by molar-refractivity contribution is 6.48. The number of alkyl halides is 3. The molecule has 0 unspecified atom stereocenters. The summed E-state index contributed by atoms with van der Waals surface area (Å²) in [6.45, 7) is 1.41. The fourth-order valence-corrected chi connectivity index (χ4v) is 1.78. The molecule has 0 aromatic heterocycles. The number of Topliss-reactive ketones (excluding diaryl/α,β-unsaturated/α-hetero) is 2. The number of carbonyl (C=O) groups is 3. The first kappa shape index (κ1) is 19.4. The van der Waals surface area contributed by atoms with Crippen LogP contribution in [0.4, 0.5) is 13.2 Å². The number of carbonyl (C=O) groups excluding carboxylic acids is 3. The first-order chi connectivity index (χ1) is 11.1. The molecule has 130 valence electrons. The van der Waals surface area contributed by atoms with Crippen molar-refractivity contribution in [1.82, 2.24) is 4.90 Å². The van der Waals surface area contributed by atoms with Gasteiger partial charge in [0.15, 0.2) is 5.78 Å². The van der Waals surface area contributed by atoms with E-state index in [0.717, 1.165) is 24.4 Å². The van der Waals surface area contributed by atoms with Crippen molar-refractivity contribution >= 4 is 17.5 Å². The number of ether oxygens (including phenoxy) is 1. The Morgan fingerprint density at radius 2 is 1.83 bits per heavy atom. The monoisotopic (exact) mass is 343 g/mol. The van der Waals surface area contributed by atoms with Crippen molar-refractivity contribution in [3.8, 4) is 0 Å². The van der Waals surface area contributed by atoms with Crippen LogP contribution in [0.15, 0.2) is 36.0 Å². The normalized spacial score (nSPS) is 11.8. The van der Waals surface area contributed by atoms with Crippen LogP contribution in [0.5, 0.6) is 0 Å². The number of nitrogens with zero attached hydrogens (tertiary/aromatic N) is 1. The Morgan fingerprint density at radius 3 is 2.33 bits per heavy atom. The van der Waals surface area contributed by atoms with E-state index in [0.29, 0.717) is 6.07 Å². The largest absolute Gasteiger partial charge is 0.460 e. The minimum Gasteiger partial charge on any atom is -0.460 e. The van der Waals surface area contributed by atoms with Crippen LogP contribution in [-0.4, -0.2) is 43.1 Å². The van der Waals surface area contributed by atoms with E-state index in [9.17, 15) is 27.6 Å². The van der Waals surface area contributed by atoms with Crippen LogP contribution in [0.3, 0.4) is 0 Å². The molecule has 0 aliphatic carbocycles. The molecule has 0 bridgehead atoms. The second-order valence-corrected chi connectivity index (χ2v) is 4.96. The highest BCUT2D eigenvalue weighted by Crippen LogP contribution is 2.30. The molecule has 1 rings (SSSR count). The fourth-order valence-electron chi connectivity index (χ4n) is 1.78. The average molecular weight is 343 g/mol. The second kappa shape index (κ2) is 7.76. The molecular weight excluding hydrogens is 327 g/mol. The molecule has 0 atom stereocenters. The van der Waals surface area contributed by atoms with Gasteiger partial charge in [-0.05, 0) is 19.1 Å². The number of benzene rings is 1. The number of esters is 1. The van der Waals surface area contributed by atoms with Crippen LogP contribution in [-0.2, 0) is 20.5 Å². The summed E-state index contributed by atoms with van der Waals surface area (Å²) in [5.74, 6) is -3.45. The third kappa shape index (κ3) is 4.94. The second-order valence-electron chi connectivity index (χ2n) is 4.96. The Morgan fingerprint density at radius 1 is 1.21 bits per heavy atom. The van der Waals surface area contributed by atoms with Gasteiger partial charge >= 0.3 is 12.1 Å². The molecule has 0 saturated carbocycles. The third-order valence-corrected chi connectivity index (χ3v) is 2.79. The third-order valence-electron chi connectivity index (χ3n) is 2.79. The molecule has 0 heterocycles. The Bertz CT molecular complexity index is 678. The van der Waals surface area contributed by atoms with Crippen LogP contribution in [0.1, 0.15) is 22.8 Å². The van der Waals surface area contributed by atoms with Gasteiger partial charge in [0.2, 0.25) is 0 Å². The van der Waals surface area contributed by atoms with E-state index in [2.05, 4.69) is 4.74 Å². The fraction of sp³-hybridized carbons (Fsp3) is 0.312. The number of hydrogen-bond acceptors (Lipinski definition) is 5. The molecule has 0 aliphatic rings. The summed E-state index contributed by atoms with van der Waals surface area (Å²) in [5, 5.41) is 0. The predicted octanol–water partition coefficient (Wildman–Crippen LogP) is 2.47. The molecule has 1 aromatic carbocycles. The summed E-state index contributed by atoms with van der Waals surface area (Å²) in [4.78, 5) is 37.4. The van der Waals surface area contributed by atoms with E-state index >= 15 is 0 Å². The zero-order valence-electron chi connectivity index (χ0n) is 13.3. The number of halogens is 3. The molecule has 0 amide bonds. The average Bonchev–Trinajstić information content (AvgIpc) is 2.50. The molecular formula is C16H16F3NO4. The summed E-state index contributed by atoms with van der Waals surface area (Å²) < 4.78 is 42.8. The van der Waals surface area contributed by atoms with Crippen molar-refractivity contribution in [2.24, 2.45) is 0 Å². The number of ketones is 2. The van der Waals surface area contributed by atoms with Gasteiger partial charge < -0.3 is 9.64 Å². The van der Waals surface area contributed by atoms with Crippen molar-refractivity contribution in [2.45, 2.75) is 13.1 Å². The quantitative estimate of drug-likeness (QED) is 0.198. The molecule has 0 N–H and O–H groups in total. The smallest absolute Gasteiger partial charge is 0.416 e. The van der Waals surface area contributed by atoms with Gasteiger partial charge in [-0.2, -0.15) is 13.2 Å². The zero-order valence-corrected chi connectivity index (χ0v) is 13.3. The molecule has 0 radical (unpaired) electrons. The summed E-state index contributed by atoms with van der Waals surface area (Å²) in [6, 6.07) is 3.63. The first-order valence-electron chi connectivity index (χ1n) is 6.89. The molecule has 24 heavy (non-hydrogen) atoms. The molecule has 0 saturated heterocycles. The van der Waals surface area contributed by atoms with Gasteiger partial charge in [0.25, 0.3) is 5.78 Å². The Labute approximate surface area is 136 Å². The van der Waals surface area contributed by atoms with Crippen LogP contribution in [0.2, 0.25) is 0 Å². The highest BCUT2D eigenvalue weighted by Gasteiger charge is 2.32. The standard InChI is InChI=1S/C16H16F3NO4/c1-4-24-15(23)14(22)12(9-20(2)3)13(21)10-6-5-7-11(8-10)16(17,18)19/h5-9H,4H2,1-3H3. The Balaban J connectivity index is 3.28. The number of rotatable bonds is 6. The molecule has 8 heteroatoms. The number of hydrogen-bond donors (Lipinski definition) is 0. The summed E-state index contributed by atoms with van der Waals surface area (Å²) in [5.41, 5.74) is -1.95. The van der Waals surface area contributed by atoms with Gasteiger partial charge in [-0.1, -0.05) is 12.1 Å². The molecule has 0 aliphatic heterocycles. The maximum atomic E-state index is 12.8. The Kier molecular flexibility index (Phi) is 6.27. The van der Waals surface area contributed by atoms with Crippen molar-refractivity contribution in [1.29, 1.82) is 0 Å². The van der Waals surface area contributed by atoms with Gasteiger partial charge in [-0.3, -0.25) is 9.59 Å². The molecule has 5 nitrogen and oxygen atoms in total. The van der Waals surface area contributed by atoms with Crippen molar-refractivity contribution < 1.29 is 32.3 Å². The minimum atomic E-state index is -4.63. The maximum Gasteiger partial charge on any atom is 0.416 e. The van der Waals surface area contributed by atoms with Gasteiger partial charge in [0, 0.05) is 25.9 Å². The van der Waals surface area contributed by atoms with Gasteiger partial charge in [0.1, 0.15) is 0 Å². The lowest BCUT2D eigenvalue weighted by Gasteiger charge is -2.12. The first-order valence-corrected chi connectivity index (χ1v) is 6.89. The summed E-state index contributed by atoms with van der Waals surface area (Å²) in [6.07, 6.45) is -3.56. The lowest BCUT2D eigenvalue weighted by molar-refractivity contribution is -0.151. The summed E-state index contributed by atoms with van der Waals surface area (Å²) >= 11 is 0. The maximum absolute atomic E-state index is 12.8. The highest BCUT2D eigenvalue weighted by atomic mass is 19.4. The predicted molar refractivity (Wildman–Crippen MR) is 79.2 cm³/mol. The summed E-state index contributed by atoms with van der Waals surface area (Å²) in [7, 11) is 3.00. The van der Waals surface area contributed by atoms with Gasteiger partial charge in [-0.15, -0.1) is 0 Å². The SMILES string of the molecule is CCOC(=O)C(=O)C(=CN(C)C)C(=O)c1cccc(C(F)(F)F)c1. The molecule has 1 aromatic rings. The van der Waals surface area contributed by atoms with Crippen LogP contribution in [0.25, 0.3) is 0 Å². The van der Waals surface area contributed by atoms with Gasteiger partial charge in [-0.25, -0.2) is 4.79 Å². The van der Waals surface area contributed by atoms with E-state index < -0.39 is 34.8 Å². The topological polar surface area (TPSA) is 63.7 Å². The molecule has 0 fully saturated rings. The van der Waals surface area contributed by atoms with E-state index in [-0.39, 0.29) is 12.2 Å². The van der Waals surface area contributed by atoms with E-state index in [1.807, 2.05) is 0 Å². The lowest BCUT2D eigenvalue weighted by atomic mass is 9.99. The Hall–Kier alpha value is -2.64. The van der Waals surface area contributed by atoms with Gasteiger partial charge in [0.05, 0.1) is 17.7 Å². The van der Waals surface area contributed by atoms with Crippen LogP contribution < -0.4 is 0 Å². The van der Waals surface area contributed by atoms with E-state index in [1.54, 1.807) is 0 Å². The lowest BCUT2D eigenvalue weighted by Crippen LogP contribution is -2.26. The minimum absolute atomic E-state index is 0.0719. The van der Waals surface area contributed by atoms with Crippen molar-refractivity contribution in [3.05, 3.63) is 47.2 Å². The van der Waals surface area contributed by atoms with Crippen molar-refractivity contribution in [2.75, 3.05) is 20.7 Å². The van der Waals surface area contributed by atoms with E-state index in [1.165, 1.54) is 25.9 Å².